The van der Waals surface area contributed by atoms with Crippen LogP contribution in [0.1, 0.15) is 10.4 Å². The van der Waals surface area contributed by atoms with Crippen LogP contribution in [0.25, 0.3) is 10.2 Å². The maximum Gasteiger partial charge on any atom is 0.261 e. The molecule has 0 spiro atoms. The molecular formula is C17H14N2O3S2. The summed E-state index contributed by atoms with van der Waals surface area (Å²) in [5.74, 6) is -0.278. The number of methoxy groups -OCH3 is 1. The van der Waals surface area contributed by atoms with Gasteiger partial charge < -0.3 is 4.74 Å². The normalized spacial score (nSPS) is 10.5. The van der Waals surface area contributed by atoms with Crippen LogP contribution in [-0.2, 0) is 4.79 Å². The van der Waals surface area contributed by atoms with Gasteiger partial charge in [0.1, 0.15) is 5.75 Å². The second-order valence-corrected chi connectivity index (χ2v) is 7.07. The van der Waals surface area contributed by atoms with Gasteiger partial charge >= 0.3 is 0 Å². The molecule has 0 aliphatic rings. The number of hydrogen-bond acceptors (Lipinski definition) is 6. The fraction of sp³-hybridized carbons (Fsp3) is 0.118. The van der Waals surface area contributed by atoms with Gasteiger partial charge in [-0.25, -0.2) is 4.98 Å². The second kappa shape index (κ2) is 7.46. The summed E-state index contributed by atoms with van der Waals surface area (Å²) in [6.07, 6.45) is 0. The van der Waals surface area contributed by atoms with Crippen LogP contribution in [-0.4, -0.2) is 29.7 Å². The number of nitrogens with zero attached hydrogens (tertiary/aromatic N) is 1. The van der Waals surface area contributed by atoms with Gasteiger partial charge in [0.05, 0.1) is 28.6 Å². The summed E-state index contributed by atoms with van der Waals surface area (Å²) in [5, 5.41) is 2.37. The first-order valence-electron chi connectivity index (χ1n) is 7.13. The van der Waals surface area contributed by atoms with E-state index in [4.69, 9.17) is 4.74 Å². The Kier molecular flexibility index (Phi) is 5.12. The van der Waals surface area contributed by atoms with Crippen LogP contribution in [0.3, 0.4) is 0 Å². The van der Waals surface area contributed by atoms with Gasteiger partial charge in [-0.15, -0.1) is 11.3 Å². The molecule has 0 fully saturated rings. The molecule has 0 aliphatic carbocycles. The number of hydrogen-bond donors (Lipinski definition) is 1. The Morgan fingerprint density at radius 2 is 1.92 bits per heavy atom. The molecule has 0 radical (unpaired) electrons. The Morgan fingerprint density at radius 3 is 2.71 bits per heavy atom. The predicted octanol–water partition coefficient (Wildman–Crippen LogP) is 3.35. The average Bonchev–Trinajstić information content (AvgIpc) is 3.03. The van der Waals surface area contributed by atoms with E-state index in [9.17, 15) is 9.59 Å². The SMILES string of the molecule is COc1ccccc1C(=O)NC(=O)CSc1nc2ccccc2s1. The number of fused-ring (bicyclic) bond motifs is 1. The number of thioether (sulfide) groups is 1. The number of thiazole rings is 1. The number of aromatic nitrogens is 1. The first kappa shape index (κ1) is 16.5. The van der Waals surface area contributed by atoms with Gasteiger partial charge in [0, 0.05) is 0 Å². The molecule has 3 aromatic rings. The molecule has 24 heavy (non-hydrogen) atoms. The minimum absolute atomic E-state index is 0.126. The van der Waals surface area contributed by atoms with Crippen molar-refractivity contribution in [1.29, 1.82) is 0 Å². The van der Waals surface area contributed by atoms with Gasteiger partial charge in [0.25, 0.3) is 5.91 Å². The topological polar surface area (TPSA) is 68.3 Å². The molecule has 3 rings (SSSR count). The second-order valence-electron chi connectivity index (χ2n) is 4.81. The molecule has 1 heterocycles. The molecule has 0 atom stereocenters. The van der Waals surface area contributed by atoms with Gasteiger partial charge in [0.15, 0.2) is 4.34 Å². The lowest BCUT2D eigenvalue weighted by molar-refractivity contribution is -0.117. The zero-order chi connectivity index (χ0) is 16.9. The van der Waals surface area contributed by atoms with Crippen molar-refractivity contribution in [3.63, 3.8) is 0 Å². The Labute approximate surface area is 147 Å². The van der Waals surface area contributed by atoms with Crippen molar-refractivity contribution in [2.75, 3.05) is 12.9 Å². The van der Waals surface area contributed by atoms with Crippen molar-refractivity contribution in [2.24, 2.45) is 0 Å². The minimum Gasteiger partial charge on any atom is -0.496 e. The average molecular weight is 358 g/mol. The number of benzene rings is 2. The number of imide groups is 1. The minimum atomic E-state index is -0.470. The van der Waals surface area contributed by atoms with Crippen molar-refractivity contribution in [3.8, 4) is 5.75 Å². The third-order valence-electron chi connectivity index (χ3n) is 3.21. The van der Waals surface area contributed by atoms with Crippen LogP contribution in [0.15, 0.2) is 52.9 Å². The molecule has 0 saturated heterocycles. The van der Waals surface area contributed by atoms with E-state index < -0.39 is 5.91 Å². The summed E-state index contributed by atoms with van der Waals surface area (Å²) < 4.78 is 7.00. The molecule has 0 bridgehead atoms. The zero-order valence-electron chi connectivity index (χ0n) is 12.8. The molecule has 0 saturated carbocycles. The standard InChI is InChI=1S/C17H14N2O3S2/c1-22-13-8-4-2-6-11(13)16(21)19-15(20)10-23-17-18-12-7-3-5-9-14(12)24-17/h2-9H,10H2,1H3,(H,19,20,21). The summed E-state index contributed by atoms with van der Waals surface area (Å²) >= 11 is 2.84. The molecule has 0 aliphatic heterocycles. The van der Waals surface area contributed by atoms with E-state index in [1.165, 1.54) is 30.2 Å². The van der Waals surface area contributed by atoms with Gasteiger partial charge in [0.2, 0.25) is 5.91 Å². The van der Waals surface area contributed by atoms with Gasteiger partial charge in [-0.1, -0.05) is 36.0 Å². The molecule has 2 amide bonds. The van der Waals surface area contributed by atoms with Crippen LogP contribution in [0.5, 0.6) is 5.75 Å². The number of carbonyl (C=O) groups is 2. The Hall–Kier alpha value is -2.38. The van der Waals surface area contributed by atoms with Crippen molar-refractivity contribution >= 4 is 45.1 Å². The Balaban J connectivity index is 1.60. The zero-order valence-corrected chi connectivity index (χ0v) is 14.4. The first-order chi connectivity index (χ1) is 11.7. The highest BCUT2D eigenvalue weighted by molar-refractivity contribution is 8.01. The predicted molar refractivity (Wildman–Crippen MR) is 95.8 cm³/mol. The van der Waals surface area contributed by atoms with Gasteiger partial charge in [-0.05, 0) is 24.3 Å². The van der Waals surface area contributed by atoms with Crippen molar-refractivity contribution < 1.29 is 14.3 Å². The third kappa shape index (κ3) is 3.74. The van der Waals surface area contributed by atoms with E-state index in [0.717, 1.165) is 14.6 Å². The van der Waals surface area contributed by atoms with E-state index >= 15 is 0 Å². The molecule has 1 aromatic heterocycles. The fourth-order valence-corrected chi connectivity index (χ4v) is 3.97. The highest BCUT2D eigenvalue weighted by atomic mass is 32.2. The van der Waals surface area contributed by atoms with Crippen molar-refractivity contribution in [1.82, 2.24) is 10.3 Å². The lowest BCUT2D eigenvalue weighted by Gasteiger charge is -2.07. The Bertz CT molecular complexity index is 859. The molecule has 0 unspecified atom stereocenters. The van der Waals surface area contributed by atoms with Crippen LogP contribution < -0.4 is 10.1 Å². The lowest BCUT2D eigenvalue weighted by atomic mass is 10.2. The maximum atomic E-state index is 12.2. The molecule has 5 nitrogen and oxygen atoms in total. The van der Waals surface area contributed by atoms with E-state index in [1.54, 1.807) is 24.3 Å². The number of carbonyl (C=O) groups excluding carboxylic acids is 2. The van der Waals surface area contributed by atoms with Crippen LogP contribution in [0.2, 0.25) is 0 Å². The highest BCUT2D eigenvalue weighted by Gasteiger charge is 2.15. The number of nitrogens with one attached hydrogen (secondary N) is 1. The van der Waals surface area contributed by atoms with E-state index in [0.29, 0.717) is 11.3 Å². The smallest absolute Gasteiger partial charge is 0.261 e. The summed E-state index contributed by atoms with van der Waals surface area (Å²) in [4.78, 5) is 28.6. The summed E-state index contributed by atoms with van der Waals surface area (Å²) in [6, 6.07) is 14.6. The largest absolute Gasteiger partial charge is 0.496 e. The number of amides is 2. The molecule has 7 heteroatoms. The fourth-order valence-electron chi connectivity index (χ4n) is 2.10. The van der Waals surface area contributed by atoms with Crippen molar-refractivity contribution in [2.45, 2.75) is 4.34 Å². The first-order valence-corrected chi connectivity index (χ1v) is 8.93. The van der Waals surface area contributed by atoms with Crippen LogP contribution >= 0.6 is 23.1 Å². The van der Waals surface area contributed by atoms with Gasteiger partial charge in [-0.3, -0.25) is 14.9 Å². The maximum absolute atomic E-state index is 12.2. The Morgan fingerprint density at radius 1 is 1.17 bits per heavy atom. The quantitative estimate of drug-likeness (QED) is 0.709. The molecule has 122 valence electrons. The number of para-hydroxylation sites is 2. The lowest BCUT2D eigenvalue weighted by Crippen LogP contribution is -2.32. The van der Waals surface area contributed by atoms with E-state index in [1.807, 2.05) is 24.3 Å². The monoisotopic (exact) mass is 358 g/mol. The van der Waals surface area contributed by atoms with E-state index in [2.05, 4.69) is 10.3 Å². The van der Waals surface area contributed by atoms with E-state index in [-0.39, 0.29) is 11.7 Å². The molecular weight excluding hydrogens is 344 g/mol. The van der Waals surface area contributed by atoms with Crippen LogP contribution in [0.4, 0.5) is 0 Å². The number of ether oxygens (including phenoxy) is 1. The highest BCUT2D eigenvalue weighted by Crippen LogP contribution is 2.29. The summed E-state index contributed by atoms with van der Waals surface area (Å²) in [6.45, 7) is 0. The summed E-state index contributed by atoms with van der Waals surface area (Å²) in [7, 11) is 1.48. The molecule has 2 aromatic carbocycles. The molecule has 1 N–H and O–H groups in total. The third-order valence-corrected chi connectivity index (χ3v) is 5.38. The van der Waals surface area contributed by atoms with Crippen molar-refractivity contribution in [3.05, 3.63) is 54.1 Å². The van der Waals surface area contributed by atoms with Crippen LogP contribution in [0, 0.1) is 0 Å². The number of rotatable bonds is 5. The van der Waals surface area contributed by atoms with Gasteiger partial charge in [-0.2, -0.15) is 0 Å². The summed E-state index contributed by atoms with van der Waals surface area (Å²) in [5.41, 5.74) is 1.24.